The molecule has 0 unspecified atom stereocenters. The van der Waals surface area contributed by atoms with Gasteiger partial charge in [-0.1, -0.05) is 25.0 Å². The number of anilines is 1. The van der Waals surface area contributed by atoms with Crippen molar-refractivity contribution in [3.05, 3.63) is 29.3 Å². The van der Waals surface area contributed by atoms with E-state index < -0.39 is 5.97 Å². The second kappa shape index (κ2) is 5.87. The van der Waals surface area contributed by atoms with Gasteiger partial charge in [0.05, 0.1) is 11.3 Å². The van der Waals surface area contributed by atoms with Crippen LogP contribution in [0.2, 0.25) is 0 Å². The molecule has 0 aliphatic heterocycles. The number of rotatable bonds is 4. The lowest BCUT2D eigenvalue weighted by Gasteiger charge is -2.12. The van der Waals surface area contributed by atoms with Crippen molar-refractivity contribution >= 4 is 17.6 Å². The van der Waals surface area contributed by atoms with E-state index in [1.54, 1.807) is 25.1 Å². The van der Waals surface area contributed by atoms with Gasteiger partial charge in [-0.15, -0.1) is 0 Å². The molecule has 4 heteroatoms. The summed E-state index contributed by atoms with van der Waals surface area (Å²) in [4.78, 5) is 23.2. The van der Waals surface area contributed by atoms with E-state index in [0.29, 0.717) is 23.6 Å². The molecule has 1 saturated carbocycles. The molecule has 1 aliphatic carbocycles. The highest BCUT2D eigenvalue weighted by atomic mass is 16.4. The highest BCUT2D eigenvalue weighted by Gasteiger charge is 2.20. The van der Waals surface area contributed by atoms with E-state index in [-0.39, 0.29) is 11.5 Å². The van der Waals surface area contributed by atoms with Crippen molar-refractivity contribution in [2.45, 2.75) is 39.0 Å². The molecular weight excluding hydrogens is 242 g/mol. The van der Waals surface area contributed by atoms with E-state index in [0.717, 1.165) is 12.8 Å². The average Bonchev–Trinajstić information content (AvgIpc) is 2.81. The minimum atomic E-state index is -1.01. The third-order valence-electron chi connectivity index (χ3n) is 3.71. The summed E-state index contributed by atoms with van der Waals surface area (Å²) in [5.41, 5.74) is 1.24. The van der Waals surface area contributed by atoms with Gasteiger partial charge in [0.25, 0.3) is 0 Å². The number of hydrogen-bond donors (Lipinski definition) is 2. The smallest absolute Gasteiger partial charge is 0.338 e. The van der Waals surface area contributed by atoms with Crippen molar-refractivity contribution in [3.8, 4) is 0 Å². The van der Waals surface area contributed by atoms with Crippen LogP contribution in [-0.2, 0) is 4.79 Å². The molecule has 1 amide bonds. The second-order valence-electron chi connectivity index (χ2n) is 5.21. The van der Waals surface area contributed by atoms with Crippen LogP contribution >= 0.6 is 0 Å². The van der Waals surface area contributed by atoms with Gasteiger partial charge in [0, 0.05) is 6.42 Å². The molecule has 19 heavy (non-hydrogen) atoms. The van der Waals surface area contributed by atoms with Gasteiger partial charge in [0.2, 0.25) is 5.91 Å². The predicted molar refractivity (Wildman–Crippen MR) is 73.3 cm³/mol. The summed E-state index contributed by atoms with van der Waals surface area (Å²) in [7, 11) is 0. The predicted octanol–water partition coefficient (Wildman–Crippen LogP) is 3.21. The van der Waals surface area contributed by atoms with Gasteiger partial charge in [-0.05, 0) is 37.3 Å². The highest BCUT2D eigenvalue weighted by Crippen LogP contribution is 2.28. The number of aromatic carboxylic acids is 1. The molecule has 0 heterocycles. The van der Waals surface area contributed by atoms with Gasteiger partial charge < -0.3 is 10.4 Å². The van der Waals surface area contributed by atoms with Crippen molar-refractivity contribution in [2.75, 3.05) is 5.32 Å². The molecule has 4 nitrogen and oxygen atoms in total. The maximum absolute atomic E-state index is 12.0. The Morgan fingerprint density at radius 1 is 1.32 bits per heavy atom. The summed E-state index contributed by atoms with van der Waals surface area (Å²) < 4.78 is 0. The first kappa shape index (κ1) is 13.6. The average molecular weight is 261 g/mol. The second-order valence-corrected chi connectivity index (χ2v) is 5.21. The van der Waals surface area contributed by atoms with E-state index in [9.17, 15) is 14.7 Å². The Morgan fingerprint density at radius 2 is 2.00 bits per heavy atom. The molecule has 0 radical (unpaired) electrons. The summed E-state index contributed by atoms with van der Waals surface area (Å²) in [6, 6.07) is 5.13. The monoisotopic (exact) mass is 261 g/mol. The molecule has 0 bridgehead atoms. The van der Waals surface area contributed by atoms with Crippen LogP contribution < -0.4 is 5.32 Å². The molecular formula is C15H19NO3. The zero-order valence-corrected chi connectivity index (χ0v) is 11.1. The molecule has 2 N–H and O–H groups in total. The Kier molecular flexibility index (Phi) is 4.20. The fraction of sp³-hybridized carbons (Fsp3) is 0.467. The molecule has 0 aromatic heterocycles. The Bertz CT molecular complexity index is 490. The summed E-state index contributed by atoms with van der Waals surface area (Å²) in [5.74, 6) is -0.632. The first-order valence-electron chi connectivity index (χ1n) is 6.70. The van der Waals surface area contributed by atoms with Crippen LogP contribution in [0, 0.1) is 12.8 Å². The Labute approximate surface area is 112 Å². The van der Waals surface area contributed by atoms with E-state index in [2.05, 4.69) is 5.32 Å². The van der Waals surface area contributed by atoms with Gasteiger partial charge in [0.15, 0.2) is 0 Å². The summed E-state index contributed by atoms with van der Waals surface area (Å²) in [5, 5.41) is 11.9. The van der Waals surface area contributed by atoms with Crippen LogP contribution in [0.5, 0.6) is 0 Å². The Hall–Kier alpha value is -1.84. The van der Waals surface area contributed by atoms with Gasteiger partial charge in [-0.3, -0.25) is 4.79 Å². The first-order chi connectivity index (χ1) is 9.08. The molecule has 1 aromatic rings. The van der Waals surface area contributed by atoms with Crippen LogP contribution in [0.4, 0.5) is 5.69 Å². The lowest BCUT2D eigenvalue weighted by atomic mass is 10.0. The third kappa shape index (κ3) is 3.34. The fourth-order valence-electron chi connectivity index (χ4n) is 2.73. The Morgan fingerprint density at radius 3 is 2.63 bits per heavy atom. The fourth-order valence-corrected chi connectivity index (χ4v) is 2.73. The highest BCUT2D eigenvalue weighted by molar-refractivity contribution is 6.01. The van der Waals surface area contributed by atoms with E-state index >= 15 is 0 Å². The maximum atomic E-state index is 12.0. The number of carboxylic acids is 1. The van der Waals surface area contributed by atoms with Gasteiger partial charge >= 0.3 is 5.97 Å². The quantitative estimate of drug-likeness (QED) is 0.874. The van der Waals surface area contributed by atoms with Crippen LogP contribution in [-0.4, -0.2) is 17.0 Å². The minimum absolute atomic E-state index is 0.0833. The van der Waals surface area contributed by atoms with Crippen LogP contribution in [0.25, 0.3) is 0 Å². The summed E-state index contributed by atoms with van der Waals surface area (Å²) >= 11 is 0. The molecule has 1 aliphatic rings. The third-order valence-corrected chi connectivity index (χ3v) is 3.71. The number of nitrogens with one attached hydrogen (secondary N) is 1. The molecule has 0 atom stereocenters. The lowest BCUT2D eigenvalue weighted by Crippen LogP contribution is -2.17. The number of hydrogen-bond acceptors (Lipinski definition) is 2. The normalized spacial score (nSPS) is 15.4. The molecule has 1 fully saturated rings. The molecule has 0 saturated heterocycles. The number of benzene rings is 1. The van der Waals surface area contributed by atoms with Crippen molar-refractivity contribution in [2.24, 2.45) is 5.92 Å². The number of carboxylic acid groups (broad SMARTS) is 1. The first-order valence-corrected chi connectivity index (χ1v) is 6.70. The molecule has 0 spiro atoms. The topological polar surface area (TPSA) is 66.4 Å². The standard InChI is InChI=1S/C15H19NO3/c1-10-5-4-8-12(14(10)15(18)19)16-13(17)9-11-6-2-3-7-11/h4-5,8,11H,2-3,6-7,9H2,1H3,(H,16,17)(H,18,19). The largest absolute Gasteiger partial charge is 0.478 e. The van der Waals surface area contributed by atoms with Crippen molar-refractivity contribution < 1.29 is 14.7 Å². The van der Waals surface area contributed by atoms with Crippen molar-refractivity contribution in [3.63, 3.8) is 0 Å². The lowest BCUT2D eigenvalue weighted by molar-refractivity contribution is -0.117. The van der Waals surface area contributed by atoms with Gasteiger partial charge in [0.1, 0.15) is 0 Å². The maximum Gasteiger partial charge on any atom is 0.338 e. The zero-order valence-electron chi connectivity index (χ0n) is 11.1. The summed E-state index contributed by atoms with van der Waals surface area (Å²) in [6.45, 7) is 1.73. The molecule has 102 valence electrons. The number of aryl methyl sites for hydroxylation is 1. The zero-order chi connectivity index (χ0) is 13.8. The van der Waals surface area contributed by atoms with Crippen molar-refractivity contribution in [1.82, 2.24) is 0 Å². The minimum Gasteiger partial charge on any atom is -0.478 e. The van der Waals surface area contributed by atoms with Crippen molar-refractivity contribution in [1.29, 1.82) is 0 Å². The number of carbonyl (C=O) groups is 2. The molecule has 2 rings (SSSR count). The van der Waals surface area contributed by atoms with Gasteiger partial charge in [-0.2, -0.15) is 0 Å². The van der Waals surface area contributed by atoms with Crippen LogP contribution in [0.3, 0.4) is 0 Å². The summed E-state index contributed by atoms with van der Waals surface area (Å²) in [6.07, 6.45) is 5.10. The number of amides is 1. The molecule has 1 aromatic carbocycles. The Balaban J connectivity index is 2.07. The van der Waals surface area contributed by atoms with Crippen LogP contribution in [0.1, 0.15) is 48.0 Å². The van der Waals surface area contributed by atoms with Gasteiger partial charge in [-0.25, -0.2) is 4.79 Å². The number of carbonyl (C=O) groups excluding carboxylic acids is 1. The SMILES string of the molecule is Cc1cccc(NC(=O)CC2CCCC2)c1C(=O)O. The van der Waals surface area contributed by atoms with E-state index in [1.165, 1.54) is 12.8 Å². The van der Waals surface area contributed by atoms with E-state index in [1.807, 2.05) is 0 Å². The van der Waals surface area contributed by atoms with E-state index in [4.69, 9.17) is 0 Å². The van der Waals surface area contributed by atoms with Crippen LogP contribution in [0.15, 0.2) is 18.2 Å².